The molecule has 3 aromatic rings. The minimum atomic E-state index is -3.23. The quantitative estimate of drug-likeness (QED) is 0.544. The van der Waals surface area contributed by atoms with Gasteiger partial charge in [-0.3, -0.25) is 10.1 Å². The molecular weight excluding hydrogens is 435 g/mol. The molecule has 0 saturated carbocycles. The van der Waals surface area contributed by atoms with Gasteiger partial charge in [-0.15, -0.1) is 5.10 Å². The van der Waals surface area contributed by atoms with Crippen LogP contribution in [-0.2, 0) is 11.3 Å². The number of hydrogen-bond acceptors (Lipinski definition) is 4. The molecule has 3 rings (SSSR count). The number of alkyl halides is 4. The van der Waals surface area contributed by atoms with Crippen molar-refractivity contribution in [2.75, 3.05) is 5.32 Å². The summed E-state index contributed by atoms with van der Waals surface area (Å²) in [6.07, 6.45) is -5.14. The van der Waals surface area contributed by atoms with E-state index in [1.807, 2.05) is 0 Å². The molecule has 2 heterocycles. The summed E-state index contributed by atoms with van der Waals surface area (Å²) >= 11 is 5.59. The lowest BCUT2D eigenvalue weighted by molar-refractivity contribution is -0.119. The molecule has 0 bridgehead atoms. The number of hydrogen-bond donors (Lipinski definition) is 1. The number of aromatic nitrogens is 5. The third-order valence-corrected chi connectivity index (χ3v) is 4.46. The van der Waals surface area contributed by atoms with Crippen molar-refractivity contribution >= 4 is 23.5 Å². The number of amides is 1. The molecule has 0 radical (unpaired) electrons. The summed E-state index contributed by atoms with van der Waals surface area (Å²) in [5.74, 6) is -1.46. The molecule has 1 aromatic carbocycles. The highest BCUT2D eigenvalue weighted by Gasteiger charge is 2.32. The molecule has 7 nitrogen and oxygen atoms in total. The molecule has 1 unspecified atom stereocenters. The van der Waals surface area contributed by atoms with Gasteiger partial charge in [0, 0.05) is 0 Å². The van der Waals surface area contributed by atoms with E-state index in [9.17, 15) is 26.7 Å². The van der Waals surface area contributed by atoms with E-state index in [1.54, 1.807) is 6.07 Å². The van der Waals surface area contributed by atoms with E-state index in [0.29, 0.717) is 10.2 Å². The number of benzene rings is 1. The van der Waals surface area contributed by atoms with Gasteiger partial charge in [0.1, 0.15) is 29.6 Å². The lowest BCUT2D eigenvalue weighted by Gasteiger charge is -2.14. The van der Waals surface area contributed by atoms with Crippen molar-refractivity contribution in [1.82, 2.24) is 24.5 Å². The monoisotopic (exact) mass is 448 g/mol. The van der Waals surface area contributed by atoms with Crippen molar-refractivity contribution in [3.8, 4) is 0 Å². The maximum absolute atomic E-state index is 13.3. The predicted molar refractivity (Wildman–Crippen MR) is 96.0 cm³/mol. The summed E-state index contributed by atoms with van der Waals surface area (Å²) in [5, 5.41) is 8.76. The zero-order valence-electron chi connectivity index (χ0n) is 15.2. The standard InChI is InChI=1S/C17H14ClF5N6O/c1-8(29-13(15(22)23)11(18)12(26-29)14(20)21)16(30)25-17-24-7-28(27-17)6-9-3-2-4-10(19)5-9/h2-5,7-8,14-15H,6H2,1H3,(H,25,27,30). The van der Waals surface area contributed by atoms with Crippen LogP contribution < -0.4 is 5.32 Å². The molecule has 160 valence electrons. The summed E-state index contributed by atoms with van der Waals surface area (Å²) in [6.45, 7) is 1.35. The third-order valence-electron chi connectivity index (χ3n) is 4.08. The molecule has 0 saturated heterocycles. The van der Waals surface area contributed by atoms with E-state index in [0.717, 1.165) is 0 Å². The van der Waals surface area contributed by atoms with Crippen LogP contribution in [0.15, 0.2) is 30.6 Å². The summed E-state index contributed by atoms with van der Waals surface area (Å²) in [4.78, 5) is 16.3. The molecule has 0 spiro atoms. The van der Waals surface area contributed by atoms with Gasteiger partial charge in [-0.2, -0.15) is 5.10 Å². The molecule has 0 aliphatic heterocycles. The van der Waals surface area contributed by atoms with Crippen LogP contribution in [0.4, 0.5) is 27.9 Å². The molecule has 1 amide bonds. The van der Waals surface area contributed by atoms with Crippen LogP contribution in [0.25, 0.3) is 0 Å². The van der Waals surface area contributed by atoms with Gasteiger partial charge in [0.15, 0.2) is 0 Å². The number of halogens is 6. The van der Waals surface area contributed by atoms with E-state index >= 15 is 0 Å². The zero-order chi connectivity index (χ0) is 22.0. The first-order chi connectivity index (χ1) is 14.2. The molecule has 0 aliphatic rings. The van der Waals surface area contributed by atoms with Crippen LogP contribution in [0.1, 0.15) is 42.8 Å². The molecule has 0 fully saturated rings. The van der Waals surface area contributed by atoms with Gasteiger partial charge in [-0.05, 0) is 24.6 Å². The van der Waals surface area contributed by atoms with Gasteiger partial charge in [0.25, 0.3) is 18.8 Å². The van der Waals surface area contributed by atoms with Crippen LogP contribution in [0.2, 0.25) is 5.02 Å². The molecule has 2 aromatic heterocycles. The predicted octanol–water partition coefficient (Wildman–Crippen LogP) is 4.39. The molecular formula is C17H14ClF5N6O. The van der Waals surface area contributed by atoms with E-state index in [1.165, 1.54) is 36.1 Å². The van der Waals surface area contributed by atoms with Gasteiger partial charge in [-0.25, -0.2) is 36.3 Å². The molecule has 1 N–H and O–H groups in total. The largest absolute Gasteiger partial charge is 0.291 e. The average molecular weight is 449 g/mol. The van der Waals surface area contributed by atoms with Crippen molar-refractivity contribution in [2.45, 2.75) is 32.4 Å². The Morgan fingerprint density at radius 2 is 1.93 bits per heavy atom. The van der Waals surface area contributed by atoms with Crippen LogP contribution in [0, 0.1) is 5.82 Å². The van der Waals surface area contributed by atoms with E-state index in [4.69, 9.17) is 11.6 Å². The minimum absolute atomic E-state index is 0.158. The zero-order valence-corrected chi connectivity index (χ0v) is 16.0. The minimum Gasteiger partial charge on any atom is -0.291 e. The second kappa shape index (κ2) is 8.78. The Labute approximate surface area is 171 Å². The number of rotatable bonds is 7. The lowest BCUT2D eigenvalue weighted by Crippen LogP contribution is -2.26. The maximum Gasteiger partial charge on any atom is 0.283 e. The first kappa shape index (κ1) is 21.7. The first-order valence-corrected chi connectivity index (χ1v) is 8.84. The Balaban J connectivity index is 1.75. The van der Waals surface area contributed by atoms with Crippen molar-refractivity contribution in [3.05, 3.63) is 58.4 Å². The van der Waals surface area contributed by atoms with Crippen molar-refractivity contribution < 1.29 is 26.7 Å². The van der Waals surface area contributed by atoms with Crippen LogP contribution in [0.3, 0.4) is 0 Å². The fourth-order valence-corrected chi connectivity index (χ4v) is 2.94. The Kier molecular flexibility index (Phi) is 6.34. The highest BCUT2D eigenvalue weighted by Crippen LogP contribution is 2.36. The highest BCUT2D eigenvalue weighted by atomic mass is 35.5. The summed E-state index contributed by atoms with van der Waals surface area (Å²) in [7, 11) is 0. The Bertz CT molecular complexity index is 1050. The van der Waals surface area contributed by atoms with Crippen LogP contribution in [-0.4, -0.2) is 30.5 Å². The highest BCUT2D eigenvalue weighted by molar-refractivity contribution is 6.32. The molecule has 13 heteroatoms. The molecule has 1 atom stereocenters. The molecule has 30 heavy (non-hydrogen) atoms. The van der Waals surface area contributed by atoms with E-state index in [2.05, 4.69) is 20.5 Å². The first-order valence-electron chi connectivity index (χ1n) is 8.46. The van der Waals surface area contributed by atoms with Crippen molar-refractivity contribution in [2.24, 2.45) is 0 Å². The normalized spacial score (nSPS) is 12.6. The SMILES string of the molecule is CC(C(=O)Nc1ncn(Cc2cccc(F)c2)n1)n1nc(C(F)F)c(Cl)c1C(F)F. The van der Waals surface area contributed by atoms with Gasteiger partial charge >= 0.3 is 0 Å². The summed E-state index contributed by atoms with van der Waals surface area (Å²) in [5.41, 5.74) is -1.43. The average Bonchev–Trinajstić information content (AvgIpc) is 3.25. The van der Waals surface area contributed by atoms with Gasteiger partial charge in [0.05, 0.1) is 11.6 Å². The Hall–Kier alpha value is -3.02. The second-order valence-corrected chi connectivity index (χ2v) is 6.57. The van der Waals surface area contributed by atoms with Crippen LogP contribution in [0.5, 0.6) is 0 Å². The third kappa shape index (κ3) is 4.58. The Morgan fingerprint density at radius 3 is 2.57 bits per heavy atom. The Morgan fingerprint density at radius 1 is 1.20 bits per heavy atom. The number of anilines is 1. The van der Waals surface area contributed by atoms with Crippen LogP contribution >= 0.6 is 11.6 Å². The second-order valence-electron chi connectivity index (χ2n) is 6.19. The lowest BCUT2D eigenvalue weighted by atomic mass is 10.2. The fourth-order valence-electron chi connectivity index (χ4n) is 2.65. The number of nitrogens with one attached hydrogen (secondary N) is 1. The van der Waals surface area contributed by atoms with E-state index in [-0.39, 0.29) is 12.5 Å². The van der Waals surface area contributed by atoms with Crippen molar-refractivity contribution in [3.63, 3.8) is 0 Å². The van der Waals surface area contributed by atoms with Gasteiger partial charge in [0.2, 0.25) is 5.95 Å². The van der Waals surface area contributed by atoms with E-state index < -0.39 is 47.0 Å². The number of carbonyl (C=O) groups excluding carboxylic acids is 1. The maximum atomic E-state index is 13.3. The van der Waals surface area contributed by atoms with Gasteiger partial charge in [-0.1, -0.05) is 23.7 Å². The summed E-state index contributed by atoms with van der Waals surface area (Å²) in [6, 6.07) is 4.37. The van der Waals surface area contributed by atoms with Crippen molar-refractivity contribution in [1.29, 1.82) is 0 Å². The molecule has 0 aliphatic carbocycles. The number of carbonyl (C=O) groups is 1. The topological polar surface area (TPSA) is 77.6 Å². The summed E-state index contributed by atoms with van der Waals surface area (Å²) < 4.78 is 67.5. The van der Waals surface area contributed by atoms with Gasteiger partial charge < -0.3 is 0 Å². The number of nitrogens with zero attached hydrogens (tertiary/aromatic N) is 5. The smallest absolute Gasteiger partial charge is 0.283 e. The fraction of sp³-hybridized carbons (Fsp3) is 0.294.